The summed E-state index contributed by atoms with van der Waals surface area (Å²) in [5, 5.41) is 0. The predicted molar refractivity (Wildman–Crippen MR) is 138 cm³/mol. The van der Waals surface area contributed by atoms with Crippen molar-refractivity contribution in [3.05, 3.63) is 59.2 Å². The van der Waals surface area contributed by atoms with Gasteiger partial charge >= 0.3 is 6.18 Å². The third-order valence-corrected chi connectivity index (χ3v) is 7.21. The molecule has 1 atom stereocenters. The minimum atomic E-state index is -4.36. The number of hydrogen-bond acceptors (Lipinski definition) is 2. The van der Waals surface area contributed by atoms with Crippen LogP contribution >= 0.6 is 0 Å². The van der Waals surface area contributed by atoms with Crippen LogP contribution in [0.3, 0.4) is 0 Å². The first-order chi connectivity index (χ1) is 16.4. The van der Waals surface area contributed by atoms with Crippen molar-refractivity contribution >= 4 is 5.78 Å². The molecule has 2 nitrogen and oxygen atoms in total. The van der Waals surface area contributed by atoms with E-state index in [2.05, 4.69) is 44.7 Å². The monoisotopic (exact) mass is 487 g/mol. The molecule has 5 heteroatoms. The van der Waals surface area contributed by atoms with E-state index in [1.165, 1.54) is 12.0 Å². The van der Waals surface area contributed by atoms with Crippen LogP contribution in [0.25, 0.3) is 11.1 Å². The van der Waals surface area contributed by atoms with E-state index in [0.29, 0.717) is 17.8 Å². The number of ketones is 1. The van der Waals surface area contributed by atoms with Gasteiger partial charge in [0.05, 0.1) is 5.56 Å². The zero-order valence-corrected chi connectivity index (χ0v) is 21.8. The van der Waals surface area contributed by atoms with E-state index < -0.39 is 11.7 Å². The Kier molecular flexibility index (Phi) is 9.20. The number of carbonyl (C=O) groups is 1. The molecule has 0 aromatic heterocycles. The van der Waals surface area contributed by atoms with Gasteiger partial charge in [0.1, 0.15) is 5.78 Å². The van der Waals surface area contributed by atoms with Gasteiger partial charge in [-0.05, 0) is 104 Å². The SMILES string of the molecule is CC(=O)C(CC(C)C)c1cc(-c2ccc(C(F)(F)F)cc2)cc(C2CCN(CCC(C)C)CC2)c1. The van der Waals surface area contributed by atoms with Gasteiger partial charge in [-0.1, -0.05) is 58.0 Å². The number of carbonyl (C=O) groups excluding carboxylic acids is 1. The first-order valence-electron chi connectivity index (χ1n) is 13.0. The number of nitrogens with zero attached hydrogens (tertiary/aromatic N) is 1. The number of benzene rings is 2. The zero-order valence-electron chi connectivity index (χ0n) is 21.8. The molecule has 0 N–H and O–H groups in total. The summed E-state index contributed by atoms with van der Waals surface area (Å²) in [6, 6.07) is 11.7. The molecule has 1 aliphatic rings. The Labute approximate surface area is 208 Å². The summed E-state index contributed by atoms with van der Waals surface area (Å²) in [7, 11) is 0. The fraction of sp³-hybridized carbons (Fsp3) is 0.567. The van der Waals surface area contributed by atoms with E-state index in [1.54, 1.807) is 19.1 Å². The molecule has 2 aromatic rings. The van der Waals surface area contributed by atoms with E-state index in [-0.39, 0.29) is 11.7 Å². The van der Waals surface area contributed by atoms with Crippen molar-refractivity contribution in [2.45, 2.75) is 78.3 Å². The Bertz CT molecular complexity index is 970. The van der Waals surface area contributed by atoms with Crippen molar-refractivity contribution in [1.82, 2.24) is 4.90 Å². The molecule has 0 radical (unpaired) electrons. The van der Waals surface area contributed by atoms with Gasteiger partial charge in [0.2, 0.25) is 0 Å². The van der Waals surface area contributed by atoms with Gasteiger partial charge in [-0.2, -0.15) is 13.2 Å². The highest BCUT2D eigenvalue weighted by molar-refractivity contribution is 5.84. The first kappa shape index (κ1) is 27.4. The third-order valence-electron chi connectivity index (χ3n) is 7.21. The fourth-order valence-electron chi connectivity index (χ4n) is 5.07. The number of alkyl halides is 3. The normalized spacial score (nSPS) is 16.7. The second-order valence-corrected chi connectivity index (χ2v) is 11.1. The Balaban J connectivity index is 1.94. The Morgan fingerprint density at radius 3 is 2.09 bits per heavy atom. The van der Waals surface area contributed by atoms with Crippen molar-refractivity contribution in [3.63, 3.8) is 0 Å². The Morgan fingerprint density at radius 2 is 1.57 bits per heavy atom. The van der Waals surface area contributed by atoms with Crippen LogP contribution in [0.2, 0.25) is 0 Å². The minimum absolute atomic E-state index is 0.137. The molecule has 3 rings (SSSR count). The number of hydrogen-bond donors (Lipinski definition) is 0. The standard InChI is InChI=1S/C30H40F3NO/c1-20(2)10-13-34-14-11-24(12-15-34)26-17-25(23-6-8-28(9-7-23)30(31,32)33)18-27(19-26)29(22(5)35)16-21(3)4/h6-9,17-21,24,29H,10-16H2,1-5H3. The maximum atomic E-state index is 13.1. The molecule has 0 saturated carbocycles. The molecule has 0 amide bonds. The van der Waals surface area contributed by atoms with Crippen LogP contribution in [0.15, 0.2) is 42.5 Å². The fourth-order valence-corrected chi connectivity index (χ4v) is 5.07. The second-order valence-electron chi connectivity index (χ2n) is 11.1. The van der Waals surface area contributed by atoms with Crippen LogP contribution in [0.5, 0.6) is 0 Å². The maximum Gasteiger partial charge on any atom is 0.416 e. The molecule has 0 bridgehead atoms. The van der Waals surface area contributed by atoms with E-state index in [9.17, 15) is 18.0 Å². The van der Waals surface area contributed by atoms with Crippen molar-refractivity contribution in [2.75, 3.05) is 19.6 Å². The molecule has 1 heterocycles. The highest BCUT2D eigenvalue weighted by Crippen LogP contribution is 2.37. The molecule has 2 aromatic carbocycles. The van der Waals surface area contributed by atoms with Gasteiger partial charge in [0, 0.05) is 5.92 Å². The molecule has 0 spiro atoms. The third kappa shape index (κ3) is 7.67. The molecule has 1 unspecified atom stereocenters. The van der Waals surface area contributed by atoms with Gasteiger partial charge in [-0.3, -0.25) is 4.79 Å². The predicted octanol–water partition coefficient (Wildman–Crippen LogP) is 8.32. The summed E-state index contributed by atoms with van der Waals surface area (Å²) in [5.41, 5.74) is 3.19. The highest BCUT2D eigenvalue weighted by atomic mass is 19.4. The van der Waals surface area contributed by atoms with E-state index in [0.717, 1.165) is 67.7 Å². The quantitative estimate of drug-likeness (QED) is 0.354. The van der Waals surface area contributed by atoms with Crippen molar-refractivity contribution < 1.29 is 18.0 Å². The van der Waals surface area contributed by atoms with Gasteiger partial charge in [-0.15, -0.1) is 0 Å². The lowest BCUT2D eigenvalue weighted by molar-refractivity contribution is -0.137. The van der Waals surface area contributed by atoms with Crippen molar-refractivity contribution in [1.29, 1.82) is 0 Å². The van der Waals surface area contributed by atoms with Crippen LogP contribution in [0.1, 0.15) is 88.8 Å². The zero-order chi connectivity index (χ0) is 25.8. The summed E-state index contributed by atoms with van der Waals surface area (Å²) >= 11 is 0. The largest absolute Gasteiger partial charge is 0.416 e. The van der Waals surface area contributed by atoms with Crippen LogP contribution in [0.4, 0.5) is 13.2 Å². The van der Waals surface area contributed by atoms with E-state index in [1.807, 2.05) is 6.07 Å². The van der Waals surface area contributed by atoms with Crippen molar-refractivity contribution in [3.8, 4) is 11.1 Å². The van der Waals surface area contributed by atoms with Gasteiger partial charge in [0.25, 0.3) is 0 Å². The number of likely N-dealkylation sites (tertiary alicyclic amines) is 1. The van der Waals surface area contributed by atoms with E-state index >= 15 is 0 Å². The summed E-state index contributed by atoms with van der Waals surface area (Å²) < 4.78 is 39.3. The maximum absolute atomic E-state index is 13.1. The van der Waals surface area contributed by atoms with Crippen LogP contribution in [-0.4, -0.2) is 30.3 Å². The summed E-state index contributed by atoms with van der Waals surface area (Å²) in [6.45, 7) is 13.6. The summed E-state index contributed by atoms with van der Waals surface area (Å²) in [5.74, 6) is 1.39. The van der Waals surface area contributed by atoms with Crippen LogP contribution in [-0.2, 0) is 11.0 Å². The summed E-state index contributed by atoms with van der Waals surface area (Å²) in [6.07, 6.45) is -0.273. The molecule has 192 valence electrons. The average molecular weight is 488 g/mol. The molecule has 1 aliphatic heterocycles. The molecule has 35 heavy (non-hydrogen) atoms. The van der Waals surface area contributed by atoms with Crippen molar-refractivity contribution in [2.24, 2.45) is 11.8 Å². The molecule has 0 aliphatic carbocycles. The second kappa shape index (κ2) is 11.7. The molecular formula is C30H40F3NO. The molecule has 1 fully saturated rings. The lowest BCUT2D eigenvalue weighted by Gasteiger charge is -2.33. The van der Waals surface area contributed by atoms with Crippen LogP contribution < -0.4 is 0 Å². The molecule has 1 saturated heterocycles. The Hall–Kier alpha value is -2.14. The minimum Gasteiger partial charge on any atom is -0.303 e. The average Bonchev–Trinajstić information content (AvgIpc) is 2.80. The lowest BCUT2D eigenvalue weighted by atomic mass is 9.81. The molecular weight excluding hydrogens is 447 g/mol. The lowest BCUT2D eigenvalue weighted by Crippen LogP contribution is -2.34. The van der Waals surface area contributed by atoms with Gasteiger partial charge < -0.3 is 4.90 Å². The van der Waals surface area contributed by atoms with Gasteiger partial charge in [-0.25, -0.2) is 0 Å². The number of halogens is 3. The smallest absolute Gasteiger partial charge is 0.303 e. The Morgan fingerprint density at radius 1 is 0.943 bits per heavy atom. The van der Waals surface area contributed by atoms with Crippen LogP contribution in [0, 0.1) is 11.8 Å². The number of rotatable bonds is 9. The highest BCUT2D eigenvalue weighted by Gasteiger charge is 2.30. The number of Topliss-reactive ketones (excluding diaryl/α,β-unsaturated/α-hetero) is 1. The number of piperidine rings is 1. The van der Waals surface area contributed by atoms with E-state index in [4.69, 9.17) is 0 Å². The van der Waals surface area contributed by atoms with Gasteiger partial charge in [0.15, 0.2) is 0 Å². The first-order valence-corrected chi connectivity index (χ1v) is 13.0. The summed E-state index contributed by atoms with van der Waals surface area (Å²) in [4.78, 5) is 15.1. The topological polar surface area (TPSA) is 20.3 Å².